The third-order valence-corrected chi connectivity index (χ3v) is 3.34. The van der Waals surface area contributed by atoms with E-state index in [4.69, 9.17) is 4.74 Å². The summed E-state index contributed by atoms with van der Waals surface area (Å²) in [5, 5.41) is 13.1. The second-order valence-corrected chi connectivity index (χ2v) is 4.74. The molecule has 21 heavy (non-hydrogen) atoms. The fourth-order valence-electron chi connectivity index (χ4n) is 2.04. The number of para-hydroxylation sites is 1. The van der Waals surface area contributed by atoms with Crippen molar-refractivity contribution in [1.29, 1.82) is 0 Å². The van der Waals surface area contributed by atoms with Crippen molar-refractivity contribution >= 4 is 0 Å². The maximum absolute atomic E-state index is 13.2. The van der Waals surface area contributed by atoms with Gasteiger partial charge in [-0.2, -0.15) is 0 Å². The minimum atomic E-state index is -0.870. The molecule has 0 spiro atoms. The summed E-state index contributed by atoms with van der Waals surface area (Å²) in [6.07, 6.45) is 0. The van der Waals surface area contributed by atoms with Crippen LogP contribution in [-0.4, -0.2) is 12.2 Å². The van der Waals surface area contributed by atoms with Crippen LogP contribution in [0.2, 0.25) is 0 Å². The molecule has 0 aliphatic carbocycles. The van der Waals surface area contributed by atoms with Gasteiger partial charge in [0.1, 0.15) is 0 Å². The fourth-order valence-corrected chi connectivity index (χ4v) is 2.04. The van der Waals surface area contributed by atoms with Crippen LogP contribution < -0.4 is 10.1 Å². The highest BCUT2D eigenvalue weighted by Crippen LogP contribution is 2.29. The van der Waals surface area contributed by atoms with E-state index in [1.165, 1.54) is 19.2 Å². The molecule has 0 aromatic heterocycles. The molecule has 1 unspecified atom stereocenters. The molecule has 0 saturated carbocycles. The van der Waals surface area contributed by atoms with Gasteiger partial charge in [-0.05, 0) is 30.7 Å². The van der Waals surface area contributed by atoms with Crippen LogP contribution in [-0.2, 0) is 6.54 Å². The van der Waals surface area contributed by atoms with Crippen LogP contribution in [0.3, 0.4) is 0 Å². The van der Waals surface area contributed by atoms with E-state index in [9.17, 15) is 13.9 Å². The lowest BCUT2D eigenvalue weighted by atomic mass is 10.1. The molecule has 0 saturated heterocycles. The molecule has 2 aromatic carbocycles. The molecule has 0 radical (unpaired) electrons. The SMILES string of the molecule is COc1cccc(CNC(C)c2ccc(F)c(F)c2)c1O. The second kappa shape index (κ2) is 6.54. The summed E-state index contributed by atoms with van der Waals surface area (Å²) in [4.78, 5) is 0. The first kappa shape index (κ1) is 15.3. The molecule has 0 bridgehead atoms. The van der Waals surface area contributed by atoms with Crippen molar-refractivity contribution in [2.24, 2.45) is 0 Å². The minimum absolute atomic E-state index is 0.0741. The van der Waals surface area contributed by atoms with Gasteiger partial charge in [0.2, 0.25) is 0 Å². The molecule has 5 heteroatoms. The van der Waals surface area contributed by atoms with Gasteiger partial charge in [0, 0.05) is 18.2 Å². The van der Waals surface area contributed by atoms with Gasteiger partial charge in [0.25, 0.3) is 0 Å². The molecule has 0 fully saturated rings. The molecule has 0 aliphatic rings. The lowest BCUT2D eigenvalue weighted by molar-refractivity contribution is 0.369. The van der Waals surface area contributed by atoms with Gasteiger partial charge in [0.15, 0.2) is 23.1 Å². The first-order chi connectivity index (χ1) is 10.0. The number of benzene rings is 2. The predicted octanol–water partition coefficient (Wildman–Crippen LogP) is 3.53. The van der Waals surface area contributed by atoms with Crippen LogP contribution in [0.5, 0.6) is 11.5 Å². The maximum Gasteiger partial charge on any atom is 0.162 e. The monoisotopic (exact) mass is 293 g/mol. The topological polar surface area (TPSA) is 41.5 Å². The van der Waals surface area contributed by atoms with Gasteiger partial charge in [0.05, 0.1) is 7.11 Å². The van der Waals surface area contributed by atoms with Crippen LogP contribution in [0, 0.1) is 11.6 Å². The summed E-state index contributed by atoms with van der Waals surface area (Å²) in [5.74, 6) is -1.26. The van der Waals surface area contributed by atoms with Crippen molar-refractivity contribution in [3.63, 3.8) is 0 Å². The zero-order chi connectivity index (χ0) is 15.4. The average Bonchev–Trinajstić information content (AvgIpc) is 2.48. The minimum Gasteiger partial charge on any atom is -0.504 e. The standard InChI is InChI=1S/C16H17F2NO2/c1-10(11-6-7-13(17)14(18)8-11)19-9-12-4-3-5-15(21-2)16(12)20/h3-8,10,19-20H,9H2,1-2H3. The highest BCUT2D eigenvalue weighted by molar-refractivity contribution is 5.45. The number of nitrogens with one attached hydrogen (secondary N) is 1. The van der Waals surface area contributed by atoms with Crippen LogP contribution in [0.4, 0.5) is 8.78 Å². The summed E-state index contributed by atoms with van der Waals surface area (Å²) >= 11 is 0. The Morgan fingerprint density at radius 1 is 1.19 bits per heavy atom. The zero-order valence-corrected chi connectivity index (χ0v) is 11.9. The number of halogens is 2. The van der Waals surface area contributed by atoms with E-state index in [0.29, 0.717) is 23.4 Å². The van der Waals surface area contributed by atoms with Crippen LogP contribution in [0.15, 0.2) is 36.4 Å². The Balaban J connectivity index is 2.07. The van der Waals surface area contributed by atoms with Gasteiger partial charge < -0.3 is 15.2 Å². The number of phenols is 1. The number of methoxy groups -OCH3 is 1. The predicted molar refractivity (Wildman–Crippen MR) is 76.3 cm³/mol. The van der Waals surface area contributed by atoms with Crippen molar-refractivity contribution in [1.82, 2.24) is 5.32 Å². The molecule has 0 aliphatic heterocycles. The third kappa shape index (κ3) is 3.49. The molecule has 3 nitrogen and oxygen atoms in total. The number of phenolic OH excluding ortho intramolecular Hbond substituents is 1. The van der Waals surface area contributed by atoms with E-state index >= 15 is 0 Å². The Morgan fingerprint density at radius 2 is 1.95 bits per heavy atom. The summed E-state index contributed by atoms with van der Waals surface area (Å²) < 4.78 is 31.2. The number of ether oxygens (including phenoxy) is 1. The third-order valence-electron chi connectivity index (χ3n) is 3.34. The van der Waals surface area contributed by atoms with E-state index in [2.05, 4.69) is 5.32 Å². The van der Waals surface area contributed by atoms with Crippen molar-refractivity contribution in [3.05, 3.63) is 59.2 Å². The van der Waals surface area contributed by atoms with Crippen LogP contribution in [0.1, 0.15) is 24.1 Å². The van der Waals surface area contributed by atoms with E-state index in [1.54, 1.807) is 18.2 Å². The van der Waals surface area contributed by atoms with E-state index in [1.807, 2.05) is 6.92 Å². The molecule has 2 rings (SSSR count). The van der Waals surface area contributed by atoms with Gasteiger partial charge in [-0.15, -0.1) is 0 Å². The summed E-state index contributed by atoms with van der Waals surface area (Å²) in [6, 6.07) is 8.81. The molecule has 2 N–H and O–H groups in total. The van der Waals surface area contributed by atoms with Gasteiger partial charge in [-0.1, -0.05) is 18.2 Å². The second-order valence-electron chi connectivity index (χ2n) is 4.74. The Labute approximate surface area is 122 Å². The number of aromatic hydroxyl groups is 1. The van der Waals surface area contributed by atoms with Crippen molar-refractivity contribution < 1.29 is 18.6 Å². The van der Waals surface area contributed by atoms with Gasteiger partial charge in [-0.25, -0.2) is 8.78 Å². The Kier molecular flexibility index (Phi) is 4.75. The smallest absolute Gasteiger partial charge is 0.162 e. The molecule has 1 atom stereocenters. The summed E-state index contributed by atoms with van der Waals surface area (Å²) in [7, 11) is 1.48. The molecule has 2 aromatic rings. The fraction of sp³-hybridized carbons (Fsp3) is 0.250. The highest BCUT2D eigenvalue weighted by Gasteiger charge is 2.11. The first-order valence-corrected chi connectivity index (χ1v) is 6.56. The van der Waals surface area contributed by atoms with Gasteiger partial charge in [-0.3, -0.25) is 0 Å². The van der Waals surface area contributed by atoms with Crippen LogP contribution in [0.25, 0.3) is 0 Å². The lowest BCUT2D eigenvalue weighted by Crippen LogP contribution is -2.18. The van der Waals surface area contributed by atoms with Crippen LogP contribution >= 0.6 is 0 Å². The molecular weight excluding hydrogens is 276 g/mol. The maximum atomic E-state index is 13.2. The highest BCUT2D eigenvalue weighted by atomic mass is 19.2. The Morgan fingerprint density at radius 3 is 2.62 bits per heavy atom. The van der Waals surface area contributed by atoms with Crippen molar-refractivity contribution in [3.8, 4) is 11.5 Å². The lowest BCUT2D eigenvalue weighted by Gasteiger charge is -2.16. The normalized spacial score (nSPS) is 12.2. The average molecular weight is 293 g/mol. The van der Waals surface area contributed by atoms with E-state index in [-0.39, 0.29) is 11.8 Å². The van der Waals surface area contributed by atoms with E-state index in [0.717, 1.165) is 6.07 Å². The molecule has 0 amide bonds. The Bertz CT molecular complexity index is 632. The number of rotatable bonds is 5. The van der Waals surface area contributed by atoms with Crippen molar-refractivity contribution in [2.75, 3.05) is 7.11 Å². The largest absolute Gasteiger partial charge is 0.504 e. The van der Waals surface area contributed by atoms with Crippen molar-refractivity contribution in [2.45, 2.75) is 19.5 Å². The molecule has 112 valence electrons. The molecular formula is C16H17F2NO2. The van der Waals surface area contributed by atoms with Gasteiger partial charge >= 0.3 is 0 Å². The Hall–Kier alpha value is -2.14. The zero-order valence-electron chi connectivity index (χ0n) is 11.9. The number of hydrogen-bond acceptors (Lipinski definition) is 3. The summed E-state index contributed by atoms with van der Waals surface area (Å²) in [6.45, 7) is 2.22. The molecule has 0 heterocycles. The number of hydrogen-bond donors (Lipinski definition) is 2. The van der Waals surface area contributed by atoms with E-state index < -0.39 is 11.6 Å². The quantitative estimate of drug-likeness (QED) is 0.886. The first-order valence-electron chi connectivity index (χ1n) is 6.56. The summed E-state index contributed by atoms with van der Waals surface area (Å²) in [5.41, 5.74) is 1.31.